The molecule has 0 fully saturated rings. The van der Waals surface area contributed by atoms with E-state index in [2.05, 4.69) is 11.1 Å². The van der Waals surface area contributed by atoms with E-state index in [4.69, 9.17) is 10.00 Å². The molecule has 0 unspecified atom stereocenters. The highest BCUT2D eigenvalue weighted by atomic mass is 16.5. The molecule has 0 atom stereocenters. The zero-order valence-corrected chi connectivity index (χ0v) is 15.3. The van der Waals surface area contributed by atoms with Gasteiger partial charge in [0.1, 0.15) is 18.0 Å². The molecule has 5 heteroatoms. The molecule has 2 aromatic heterocycles. The van der Waals surface area contributed by atoms with Gasteiger partial charge in [-0.2, -0.15) is 5.26 Å². The monoisotopic (exact) mass is 367 g/mol. The topological polar surface area (TPSA) is 67.4 Å². The van der Waals surface area contributed by atoms with Crippen LogP contribution in [0, 0.1) is 18.3 Å². The third kappa shape index (κ3) is 3.62. The molecule has 2 aromatic carbocycles. The summed E-state index contributed by atoms with van der Waals surface area (Å²) < 4.78 is 7.32. The van der Waals surface area contributed by atoms with Gasteiger partial charge in [0.05, 0.1) is 17.3 Å². The van der Waals surface area contributed by atoms with Gasteiger partial charge in [0, 0.05) is 12.3 Å². The summed E-state index contributed by atoms with van der Waals surface area (Å²) in [6.45, 7) is 2.18. The second kappa shape index (κ2) is 7.37. The average Bonchev–Trinajstić information content (AvgIpc) is 2.72. The van der Waals surface area contributed by atoms with Crippen molar-refractivity contribution in [3.8, 4) is 22.9 Å². The molecular weight excluding hydrogens is 350 g/mol. The number of fused-ring (bicyclic) bond motifs is 1. The Balaban J connectivity index is 1.50. The van der Waals surface area contributed by atoms with E-state index < -0.39 is 0 Å². The highest BCUT2D eigenvalue weighted by Crippen LogP contribution is 2.23. The Hall–Kier alpha value is -3.91. The van der Waals surface area contributed by atoms with E-state index in [0.29, 0.717) is 22.7 Å². The van der Waals surface area contributed by atoms with Gasteiger partial charge in [0.15, 0.2) is 0 Å². The van der Waals surface area contributed by atoms with Crippen LogP contribution in [0.4, 0.5) is 0 Å². The number of benzene rings is 2. The molecule has 0 aliphatic heterocycles. The molecule has 5 nitrogen and oxygen atoms in total. The molecule has 4 rings (SSSR count). The number of nitrogens with zero attached hydrogens (tertiary/aromatic N) is 3. The van der Waals surface area contributed by atoms with Crippen LogP contribution in [-0.4, -0.2) is 9.38 Å². The second-order valence-electron chi connectivity index (χ2n) is 6.52. The maximum atomic E-state index is 12.2. The third-order valence-corrected chi connectivity index (χ3v) is 4.46. The molecule has 0 spiro atoms. The third-order valence-electron chi connectivity index (χ3n) is 4.46. The first-order chi connectivity index (χ1) is 13.6. The largest absolute Gasteiger partial charge is 0.487 e. The molecule has 0 saturated heterocycles. The maximum Gasteiger partial charge on any atom is 0.258 e. The van der Waals surface area contributed by atoms with Crippen LogP contribution in [0.2, 0.25) is 0 Å². The van der Waals surface area contributed by atoms with Crippen LogP contribution >= 0.6 is 0 Å². The number of nitriles is 1. The molecular formula is C23H17N3O2. The average molecular weight is 367 g/mol. The fraction of sp³-hybridized carbons (Fsp3) is 0.0870. The zero-order chi connectivity index (χ0) is 19.5. The van der Waals surface area contributed by atoms with Gasteiger partial charge in [-0.25, -0.2) is 4.98 Å². The van der Waals surface area contributed by atoms with Crippen LogP contribution < -0.4 is 10.3 Å². The normalized spacial score (nSPS) is 10.6. The van der Waals surface area contributed by atoms with Crippen LogP contribution in [0.15, 0.2) is 77.7 Å². The van der Waals surface area contributed by atoms with E-state index in [9.17, 15) is 4.79 Å². The molecule has 4 aromatic rings. The Bertz CT molecular complexity index is 1230. The summed E-state index contributed by atoms with van der Waals surface area (Å²) in [7, 11) is 0. The summed E-state index contributed by atoms with van der Waals surface area (Å²) in [5.41, 5.74) is 4.83. The summed E-state index contributed by atoms with van der Waals surface area (Å²) >= 11 is 0. The van der Waals surface area contributed by atoms with Crippen molar-refractivity contribution in [3.05, 3.63) is 100 Å². The fourth-order valence-electron chi connectivity index (χ4n) is 2.97. The molecule has 0 amide bonds. The lowest BCUT2D eigenvalue weighted by Crippen LogP contribution is -2.16. The molecule has 2 heterocycles. The first-order valence-corrected chi connectivity index (χ1v) is 8.85. The Morgan fingerprint density at radius 2 is 1.68 bits per heavy atom. The number of rotatable bonds is 4. The van der Waals surface area contributed by atoms with Gasteiger partial charge < -0.3 is 4.74 Å². The molecule has 0 aliphatic rings. The fourth-order valence-corrected chi connectivity index (χ4v) is 2.97. The molecule has 0 N–H and O–H groups in total. The lowest BCUT2D eigenvalue weighted by Gasteiger charge is -2.08. The SMILES string of the molecule is Cc1ccn2c(=O)cc(COc3ccc(-c4ccc(C#N)cc4)cc3)nc2c1. The molecule has 0 bridgehead atoms. The summed E-state index contributed by atoms with van der Waals surface area (Å²) in [6, 6.07) is 22.5. The van der Waals surface area contributed by atoms with Crippen molar-refractivity contribution in [2.45, 2.75) is 13.5 Å². The van der Waals surface area contributed by atoms with Gasteiger partial charge in [-0.15, -0.1) is 0 Å². The van der Waals surface area contributed by atoms with Gasteiger partial charge in [-0.05, 0) is 60.0 Å². The predicted octanol–water partition coefficient (Wildman–Crippen LogP) is 4.12. The molecule has 0 radical (unpaired) electrons. The lowest BCUT2D eigenvalue weighted by molar-refractivity contribution is 0.301. The number of hydrogen-bond acceptors (Lipinski definition) is 4. The summed E-state index contributed by atoms with van der Waals surface area (Å²) in [6.07, 6.45) is 1.73. The standard InChI is InChI=1S/C23H17N3O2/c1-16-10-11-26-22(12-16)25-20(13-23(26)27)15-28-21-8-6-19(7-9-21)18-4-2-17(14-24)3-5-18/h2-13H,15H2,1H3. The van der Waals surface area contributed by atoms with Crippen LogP contribution in [0.3, 0.4) is 0 Å². The van der Waals surface area contributed by atoms with E-state index in [1.165, 1.54) is 10.5 Å². The van der Waals surface area contributed by atoms with E-state index in [1.54, 1.807) is 18.3 Å². The Kier molecular flexibility index (Phi) is 4.61. The van der Waals surface area contributed by atoms with Gasteiger partial charge in [0.25, 0.3) is 5.56 Å². The minimum Gasteiger partial charge on any atom is -0.487 e. The smallest absolute Gasteiger partial charge is 0.258 e. The van der Waals surface area contributed by atoms with Gasteiger partial charge in [-0.1, -0.05) is 24.3 Å². The second-order valence-corrected chi connectivity index (χ2v) is 6.52. The van der Waals surface area contributed by atoms with Crippen molar-refractivity contribution < 1.29 is 4.74 Å². The highest BCUT2D eigenvalue weighted by molar-refractivity contribution is 5.64. The van der Waals surface area contributed by atoms with Crippen molar-refractivity contribution in [1.82, 2.24) is 9.38 Å². The molecule has 136 valence electrons. The summed E-state index contributed by atoms with van der Waals surface area (Å²) in [4.78, 5) is 16.7. The zero-order valence-electron chi connectivity index (χ0n) is 15.3. The summed E-state index contributed by atoms with van der Waals surface area (Å²) in [5.74, 6) is 0.698. The van der Waals surface area contributed by atoms with Crippen LogP contribution in [0.5, 0.6) is 5.75 Å². The number of ether oxygens (including phenoxy) is 1. The van der Waals surface area contributed by atoms with Gasteiger partial charge in [-0.3, -0.25) is 9.20 Å². The van der Waals surface area contributed by atoms with E-state index in [0.717, 1.165) is 16.7 Å². The minimum absolute atomic E-state index is 0.125. The Labute approximate surface area is 162 Å². The predicted molar refractivity (Wildman–Crippen MR) is 107 cm³/mol. The highest BCUT2D eigenvalue weighted by Gasteiger charge is 2.05. The molecule has 0 saturated carbocycles. The van der Waals surface area contributed by atoms with Gasteiger partial charge >= 0.3 is 0 Å². The van der Waals surface area contributed by atoms with E-state index >= 15 is 0 Å². The van der Waals surface area contributed by atoms with Crippen molar-refractivity contribution in [1.29, 1.82) is 5.26 Å². The van der Waals surface area contributed by atoms with Crippen molar-refractivity contribution in [2.75, 3.05) is 0 Å². The number of pyridine rings is 1. The molecule has 0 aliphatic carbocycles. The van der Waals surface area contributed by atoms with Crippen molar-refractivity contribution in [3.63, 3.8) is 0 Å². The lowest BCUT2D eigenvalue weighted by atomic mass is 10.0. The van der Waals surface area contributed by atoms with Gasteiger partial charge in [0.2, 0.25) is 0 Å². The Morgan fingerprint density at radius 1 is 1.00 bits per heavy atom. The minimum atomic E-state index is -0.125. The van der Waals surface area contributed by atoms with Crippen LogP contribution in [-0.2, 0) is 6.61 Å². The Morgan fingerprint density at radius 3 is 2.36 bits per heavy atom. The quantitative estimate of drug-likeness (QED) is 0.544. The van der Waals surface area contributed by atoms with Crippen LogP contribution in [0.25, 0.3) is 16.8 Å². The first kappa shape index (κ1) is 17.5. The first-order valence-electron chi connectivity index (χ1n) is 8.85. The van der Waals surface area contributed by atoms with Crippen molar-refractivity contribution in [2.24, 2.45) is 0 Å². The number of aryl methyl sites for hydroxylation is 1. The van der Waals surface area contributed by atoms with Crippen molar-refractivity contribution >= 4 is 5.65 Å². The van der Waals surface area contributed by atoms with Crippen LogP contribution in [0.1, 0.15) is 16.8 Å². The number of aromatic nitrogens is 2. The summed E-state index contributed by atoms with van der Waals surface area (Å²) in [5, 5.41) is 8.89. The molecule has 28 heavy (non-hydrogen) atoms. The van der Waals surface area contributed by atoms with E-state index in [-0.39, 0.29) is 12.2 Å². The van der Waals surface area contributed by atoms with E-state index in [1.807, 2.05) is 55.5 Å². The number of hydrogen-bond donors (Lipinski definition) is 0. The maximum absolute atomic E-state index is 12.2.